The van der Waals surface area contributed by atoms with Gasteiger partial charge in [-0.25, -0.2) is 8.42 Å². The van der Waals surface area contributed by atoms with E-state index in [-0.39, 0.29) is 4.90 Å². The number of hydrogen-bond donors (Lipinski definition) is 0. The Labute approximate surface area is 204 Å². The third-order valence-electron chi connectivity index (χ3n) is 6.13. The van der Waals surface area contributed by atoms with Crippen LogP contribution < -0.4 is 4.80 Å². The van der Waals surface area contributed by atoms with Crippen molar-refractivity contribution < 1.29 is 17.9 Å². The number of carbonyl (C=O) groups excluding carboxylic acids is 1. The molecule has 0 saturated carbocycles. The molecule has 0 radical (unpaired) electrons. The number of thiazole rings is 1. The molecule has 4 rings (SSSR count). The Morgan fingerprint density at radius 1 is 1.12 bits per heavy atom. The van der Waals surface area contributed by atoms with E-state index in [1.165, 1.54) is 23.5 Å². The van der Waals surface area contributed by atoms with Gasteiger partial charge in [-0.2, -0.15) is 9.30 Å². The van der Waals surface area contributed by atoms with Gasteiger partial charge in [0, 0.05) is 32.3 Å². The Morgan fingerprint density at radius 3 is 2.44 bits per heavy atom. The second-order valence-electron chi connectivity index (χ2n) is 9.21. The molecule has 1 aromatic heterocycles. The summed E-state index contributed by atoms with van der Waals surface area (Å²) in [5.74, 6) is 0.250. The van der Waals surface area contributed by atoms with Gasteiger partial charge < -0.3 is 9.30 Å². The van der Waals surface area contributed by atoms with Gasteiger partial charge in [0.1, 0.15) is 0 Å². The van der Waals surface area contributed by atoms with E-state index in [0.717, 1.165) is 22.2 Å². The second kappa shape index (κ2) is 10.1. The van der Waals surface area contributed by atoms with E-state index in [9.17, 15) is 13.2 Å². The van der Waals surface area contributed by atoms with Crippen molar-refractivity contribution in [1.29, 1.82) is 0 Å². The van der Waals surface area contributed by atoms with Crippen LogP contribution in [0.2, 0.25) is 0 Å². The number of amides is 1. The summed E-state index contributed by atoms with van der Waals surface area (Å²) in [7, 11) is -1.95. The summed E-state index contributed by atoms with van der Waals surface area (Å²) < 4.78 is 36.1. The minimum absolute atomic E-state index is 0.206. The van der Waals surface area contributed by atoms with Crippen molar-refractivity contribution >= 4 is 37.5 Å². The van der Waals surface area contributed by atoms with E-state index in [1.807, 2.05) is 23.6 Å². The normalized spacial score (nSPS) is 20.2. The molecule has 3 aromatic rings. The number of carbonyl (C=O) groups is 1. The SMILES string of the molecule is COCCn1c(=NC(=O)c2ccc(S(=O)(=O)N3C[C@H](C)C[C@H](C)C3)cc2)sc2cc(C)ccc21. The van der Waals surface area contributed by atoms with Crippen LogP contribution in [0.4, 0.5) is 0 Å². The Kier molecular flexibility index (Phi) is 7.37. The summed E-state index contributed by atoms with van der Waals surface area (Å²) in [6, 6.07) is 12.3. The van der Waals surface area contributed by atoms with Gasteiger partial charge in [-0.1, -0.05) is 31.3 Å². The van der Waals surface area contributed by atoms with Gasteiger partial charge in [0.05, 0.1) is 21.7 Å². The quantitative estimate of drug-likeness (QED) is 0.510. The number of methoxy groups -OCH3 is 1. The highest BCUT2D eigenvalue weighted by atomic mass is 32.2. The summed E-state index contributed by atoms with van der Waals surface area (Å²) in [6.07, 6.45) is 1.03. The van der Waals surface area contributed by atoms with Crippen LogP contribution in [0, 0.1) is 18.8 Å². The van der Waals surface area contributed by atoms with Crippen molar-refractivity contribution in [2.24, 2.45) is 16.8 Å². The highest BCUT2D eigenvalue weighted by Crippen LogP contribution is 2.27. The molecule has 1 aliphatic heterocycles. The standard InChI is InChI=1S/C25H31N3O4S2/c1-17-5-10-22-23(14-17)33-25(28(22)11-12-32-4)26-24(29)20-6-8-21(9-7-20)34(30,31)27-15-18(2)13-19(3)16-27/h5-10,14,18-19H,11-13,15-16H2,1-4H3/t18-,19+. The Morgan fingerprint density at radius 2 is 1.79 bits per heavy atom. The highest BCUT2D eigenvalue weighted by Gasteiger charge is 2.31. The zero-order valence-electron chi connectivity index (χ0n) is 20.0. The molecule has 9 heteroatoms. The first kappa shape index (κ1) is 24.8. The molecular formula is C25H31N3O4S2. The predicted octanol–water partition coefficient (Wildman–Crippen LogP) is 4.07. The van der Waals surface area contributed by atoms with E-state index in [4.69, 9.17) is 4.74 Å². The molecule has 2 aromatic carbocycles. The average Bonchev–Trinajstić information content (AvgIpc) is 3.12. The fourth-order valence-electron chi connectivity index (χ4n) is 4.54. The molecule has 7 nitrogen and oxygen atoms in total. The summed E-state index contributed by atoms with van der Waals surface area (Å²) in [4.78, 5) is 18.1. The number of nitrogens with zero attached hydrogens (tertiary/aromatic N) is 3. The number of ether oxygens (including phenoxy) is 1. The number of fused-ring (bicyclic) bond motifs is 1. The third-order valence-corrected chi connectivity index (χ3v) is 9.02. The maximum atomic E-state index is 13.1. The fourth-order valence-corrected chi connectivity index (χ4v) is 7.37. The molecule has 0 aliphatic carbocycles. The zero-order valence-corrected chi connectivity index (χ0v) is 21.7. The zero-order chi connectivity index (χ0) is 24.5. The van der Waals surface area contributed by atoms with Gasteiger partial charge in [-0.05, 0) is 67.1 Å². The van der Waals surface area contributed by atoms with Crippen LogP contribution in [0.1, 0.15) is 36.2 Å². The van der Waals surface area contributed by atoms with Gasteiger partial charge >= 0.3 is 0 Å². The van der Waals surface area contributed by atoms with Crippen molar-refractivity contribution in [1.82, 2.24) is 8.87 Å². The molecule has 1 saturated heterocycles. The van der Waals surface area contributed by atoms with Crippen LogP contribution in [-0.4, -0.2) is 50.0 Å². The first-order valence-electron chi connectivity index (χ1n) is 11.5. The molecule has 2 heterocycles. The molecule has 182 valence electrons. The summed E-state index contributed by atoms with van der Waals surface area (Å²) >= 11 is 1.46. The van der Waals surface area contributed by atoms with E-state index >= 15 is 0 Å². The molecule has 0 unspecified atom stereocenters. The number of aromatic nitrogens is 1. The van der Waals surface area contributed by atoms with Gasteiger partial charge in [-0.15, -0.1) is 0 Å². The van der Waals surface area contributed by atoms with Gasteiger partial charge in [-0.3, -0.25) is 4.79 Å². The number of rotatable bonds is 6. The number of aryl methyl sites for hydroxylation is 1. The first-order chi connectivity index (χ1) is 16.2. The molecule has 0 N–H and O–H groups in total. The summed E-state index contributed by atoms with van der Waals surface area (Å²) in [5, 5.41) is 0. The largest absolute Gasteiger partial charge is 0.383 e. The van der Waals surface area contributed by atoms with Crippen molar-refractivity contribution in [2.45, 2.75) is 38.6 Å². The number of piperidine rings is 1. The second-order valence-corrected chi connectivity index (χ2v) is 12.2. The Bertz CT molecular complexity index is 1350. The predicted molar refractivity (Wildman–Crippen MR) is 134 cm³/mol. The lowest BCUT2D eigenvalue weighted by Crippen LogP contribution is -2.42. The first-order valence-corrected chi connectivity index (χ1v) is 13.7. The summed E-state index contributed by atoms with van der Waals surface area (Å²) in [5.41, 5.74) is 2.50. The van der Waals surface area contributed by atoms with Crippen molar-refractivity contribution in [2.75, 3.05) is 26.8 Å². The Balaban J connectivity index is 1.63. The van der Waals surface area contributed by atoms with Crippen molar-refractivity contribution in [3.05, 3.63) is 58.4 Å². The van der Waals surface area contributed by atoms with Crippen molar-refractivity contribution in [3.8, 4) is 0 Å². The molecule has 0 bridgehead atoms. The smallest absolute Gasteiger partial charge is 0.279 e. The molecule has 34 heavy (non-hydrogen) atoms. The van der Waals surface area contributed by atoms with Gasteiger partial charge in [0.15, 0.2) is 4.80 Å². The highest BCUT2D eigenvalue weighted by molar-refractivity contribution is 7.89. The van der Waals surface area contributed by atoms with Crippen LogP contribution >= 0.6 is 11.3 Å². The van der Waals surface area contributed by atoms with Crippen LogP contribution in [0.25, 0.3) is 10.2 Å². The fraction of sp³-hybridized carbons (Fsp3) is 0.440. The van der Waals surface area contributed by atoms with Crippen LogP contribution in [-0.2, 0) is 21.3 Å². The van der Waals surface area contributed by atoms with E-state index in [0.29, 0.717) is 48.4 Å². The molecule has 1 fully saturated rings. The van der Waals surface area contributed by atoms with Gasteiger partial charge in [0.2, 0.25) is 10.0 Å². The van der Waals surface area contributed by atoms with Crippen LogP contribution in [0.3, 0.4) is 0 Å². The monoisotopic (exact) mass is 501 g/mol. The minimum atomic E-state index is -3.59. The van der Waals surface area contributed by atoms with Crippen LogP contribution in [0.5, 0.6) is 0 Å². The topological polar surface area (TPSA) is 81.0 Å². The molecular weight excluding hydrogens is 470 g/mol. The number of hydrogen-bond acceptors (Lipinski definition) is 5. The average molecular weight is 502 g/mol. The maximum absolute atomic E-state index is 13.1. The van der Waals surface area contributed by atoms with E-state index in [2.05, 4.69) is 24.9 Å². The molecule has 1 amide bonds. The lowest BCUT2D eigenvalue weighted by atomic mass is 9.94. The van der Waals surface area contributed by atoms with E-state index < -0.39 is 15.9 Å². The molecule has 1 aliphatic rings. The molecule has 2 atom stereocenters. The number of benzene rings is 2. The maximum Gasteiger partial charge on any atom is 0.279 e. The van der Waals surface area contributed by atoms with Crippen LogP contribution in [0.15, 0.2) is 52.4 Å². The Hall–Kier alpha value is -2.33. The van der Waals surface area contributed by atoms with Crippen molar-refractivity contribution in [3.63, 3.8) is 0 Å². The van der Waals surface area contributed by atoms with Gasteiger partial charge in [0.25, 0.3) is 5.91 Å². The minimum Gasteiger partial charge on any atom is -0.383 e. The van der Waals surface area contributed by atoms with E-state index in [1.54, 1.807) is 23.5 Å². The number of sulfonamides is 1. The lowest BCUT2D eigenvalue weighted by molar-refractivity contribution is 0.0997. The lowest BCUT2D eigenvalue weighted by Gasteiger charge is -2.34. The molecule has 0 spiro atoms. The summed E-state index contributed by atoms with van der Waals surface area (Å²) in [6.45, 7) is 8.31. The third kappa shape index (κ3) is 5.17.